The van der Waals surface area contributed by atoms with E-state index in [2.05, 4.69) is 11.8 Å². The van der Waals surface area contributed by atoms with Crippen LogP contribution in [0.3, 0.4) is 0 Å². The average molecular weight is 239 g/mol. The maximum Gasteiger partial charge on any atom is 0.309 e. The number of likely N-dealkylation sites (tertiary alicyclic amines) is 1. The SMILES string of the molecule is CCC1(C(=O)O)CCN(C2CCCC2C)CC1. The molecule has 1 aliphatic heterocycles. The van der Waals surface area contributed by atoms with E-state index in [1.54, 1.807) is 0 Å². The summed E-state index contributed by atoms with van der Waals surface area (Å²) in [5.41, 5.74) is -0.432. The fraction of sp³-hybridized carbons (Fsp3) is 0.929. The minimum atomic E-state index is -0.584. The Balaban J connectivity index is 1.95. The van der Waals surface area contributed by atoms with Crippen molar-refractivity contribution in [1.82, 2.24) is 4.90 Å². The molecule has 0 aromatic rings. The topological polar surface area (TPSA) is 40.5 Å². The minimum absolute atomic E-state index is 0.432. The molecule has 0 aromatic carbocycles. The molecule has 98 valence electrons. The number of nitrogens with zero attached hydrogens (tertiary/aromatic N) is 1. The molecular weight excluding hydrogens is 214 g/mol. The van der Waals surface area contributed by atoms with Gasteiger partial charge in [0.25, 0.3) is 0 Å². The van der Waals surface area contributed by atoms with Crippen molar-refractivity contribution < 1.29 is 9.90 Å². The van der Waals surface area contributed by atoms with Crippen LogP contribution in [0.25, 0.3) is 0 Å². The Morgan fingerprint density at radius 3 is 2.41 bits per heavy atom. The van der Waals surface area contributed by atoms with Gasteiger partial charge in [0.1, 0.15) is 0 Å². The van der Waals surface area contributed by atoms with Gasteiger partial charge in [0.05, 0.1) is 5.41 Å². The van der Waals surface area contributed by atoms with Crippen LogP contribution in [0.4, 0.5) is 0 Å². The predicted octanol–water partition coefficient (Wildman–Crippen LogP) is 2.75. The van der Waals surface area contributed by atoms with E-state index in [4.69, 9.17) is 0 Å². The number of hydrogen-bond acceptors (Lipinski definition) is 2. The van der Waals surface area contributed by atoms with Crippen molar-refractivity contribution in [1.29, 1.82) is 0 Å². The Kier molecular flexibility index (Phi) is 3.76. The van der Waals surface area contributed by atoms with E-state index in [0.717, 1.165) is 44.3 Å². The highest BCUT2D eigenvalue weighted by Gasteiger charge is 2.42. The van der Waals surface area contributed by atoms with Crippen LogP contribution >= 0.6 is 0 Å². The first-order valence-corrected chi connectivity index (χ1v) is 7.06. The number of piperidine rings is 1. The van der Waals surface area contributed by atoms with Crippen molar-refractivity contribution in [2.45, 2.75) is 58.4 Å². The Morgan fingerprint density at radius 2 is 2.00 bits per heavy atom. The zero-order chi connectivity index (χ0) is 12.5. The molecule has 3 nitrogen and oxygen atoms in total. The molecule has 0 bridgehead atoms. The fourth-order valence-corrected chi connectivity index (χ4v) is 3.67. The molecule has 1 N–H and O–H groups in total. The van der Waals surface area contributed by atoms with Gasteiger partial charge in [-0.05, 0) is 51.1 Å². The van der Waals surface area contributed by atoms with Crippen LogP contribution in [0.1, 0.15) is 52.4 Å². The molecule has 2 rings (SSSR count). The second-order valence-corrected chi connectivity index (χ2v) is 5.95. The molecule has 2 unspecified atom stereocenters. The number of carboxylic acids is 1. The fourth-order valence-electron chi connectivity index (χ4n) is 3.67. The van der Waals surface area contributed by atoms with Crippen LogP contribution in [0.5, 0.6) is 0 Å². The normalized spacial score (nSPS) is 33.8. The Morgan fingerprint density at radius 1 is 1.35 bits per heavy atom. The molecule has 2 atom stereocenters. The maximum absolute atomic E-state index is 11.4. The van der Waals surface area contributed by atoms with E-state index in [1.165, 1.54) is 19.3 Å². The summed E-state index contributed by atoms with van der Waals surface area (Å²) in [6.45, 7) is 6.32. The Labute approximate surface area is 104 Å². The van der Waals surface area contributed by atoms with E-state index >= 15 is 0 Å². The summed E-state index contributed by atoms with van der Waals surface area (Å²) < 4.78 is 0. The quantitative estimate of drug-likeness (QED) is 0.823. The third kappa shape index (κ3) is 2.35. The first kappa shape index (κ1) is 12.9. The number of aliphatic carboxylic acids is 1. The number of carbonyl (C=O) groups is 1. The molecule has 2 fully saturated rings. The van der Waals surface area contributed by atoms with Gasteiger partial charge in [-0.2, -0.15) is 0 Å². The van der Waals surface area contributed by atoms with Crippen LogP contribution in [0.2, 0.25) is 0 Å². The lowest BCUT2D eigenvalue weighted by atomic mass is 9.76. The van der Waals surface area contributed by atoms with E-state index in [-0.39, 0.29) is 0 Å². The zero-order valence-corrected chi connectivity index (χ0v) is 11.1. The molecule has 0 amide bonds. The monoisotopic (exact) mass is 239 g/mol. The molecule has 17 heavy (non-hydrogen) atoms. The summed E-state index contributed by atoms with van der Waals surface area (Å²) >= 11 is 0. The van der Waals surface area contributed by atoms with Crippen molar-refractivity contribution in [2.75, 3.05) is 13.1 Å². The van der Waals surface area contributed by atoms with Crippen LogP contribution < -0.4 is 0 Å². The van der Waals surface area contributed by atoms with Gasteiger partial charge >= 0.3 is 5.97 Å². The molecule has 1 saturated heterocycles. The van der Waals surface area contributed by atoms with Crippen molar-refractivity contribution in [3.63, 3.8) is 0 Å². The zero-order valence-electron chi connectivity index (χ0n) is 11.1. The first-order chi connectivity index (χ1) is 8.09. The first-order valence-electron chi connectivity index (χ1n) is 7.06. The summed E-state index contributed by atoms with van der Waals surface area (Å²) in [4.78, 5) is 13.9. The van der Waals surface area contributed by atoms with Crippen LogP contribution in [-0.4, -0.2) is 35.1 Å². The molecule has 1 heterocycles. The average Bonchev–Trinajstić information content (AvgIpc) is 2.75. The van der Waals surface area contributed by atoms with Crippen molar-refractivity contribution in [2.24, 2.45) is 11.3 Å². The molecule has 1 aliphatic carbocycles. The highest BCUT2D eigenvalue weighted by atomic mass is 16.4. The molecule has 2 aliphatic rings. The van der Waals surface area contributed by atoms with Crippen molar-refractivity contribution in [3.8, 4) is 0 Å². The van der Waals surface area contributed by atoms with Crippen LogP contribution in [-0.2, 0) is 4.79 Å². The van der Waals surface area contributed by atoms with Gasteiger partial charge in [0.15, 0.2) is 0 Å². The molecule has 0 radical (unpaired) electrons. The third-order valence-corrected chi connectivity index (χ3v) is 5.17. The van der Waals surface area contributed by atoms with E-state index in [1.807, 2.05) is 6.92 Å². The van der Waals surface area contributed by atoms with Crippen LogP contribution in [0, 0.1) is 11.3 Å². The van der Waals surface area contributed by atoms with Crippen molar-refractivity contribution in [3.05, 3.63) is 0 Å². The van der Waals surface area contributed by atoms with E-state index in [9.17, 15) is 9.90 Å². The summed E-state index contributed by atoms with van der Waals surface area (Å²) in [5.74, 6) is 0.216. The highest BCUT2D eigenvalue weighted by molar-refractivity contribution is 5.74. The van der Waals surface area contributed by atoms with E-state index in [0.29, 0.717) is 0 Å². The number of carboxylic acid groups (broad SMARTS) is 1. The molecule has 1 saturated carbocycles. The van der Waals surface area contributed by atoms with Gasteiger partial charge < -0.3 is 10.0 Å². The lowest BCUT2D eigenvalue weighted by molar-refractivity contribution is -0.152. The van der Waals surface area contributed by atoms with E-state index < -0.39 is 11.4 Å². The molecule has 3 heteroatoms. The molecule has 0 aromatic heterocycles. The third-order valence-electron chi connectivity index (χ3n) is 5.17. The summed E-state index contributed by atoms with van der Waals surface area (Å²) in [7, 11) is 0. The lowest BCUT2D eigenvalue weighted by Crippen LogP contribution is -2.48. The van der Waals surface area contributed by atoms with Gasteiger partial charge in [-0.3, -0.25) is 4.79 Å². The smallest absolute Gasteiger partial charge is 0.309 e. The Bertz CT molecular complexity index is 282. The van der Waals surface area contributed by atoms with Crippen LogP contribution in [0.15, 0.2) is 0 Å². The second kappa shape index (κ2) is 4.97. The Hall–Kier alpha value is -0.570. The maximum atomic E-state index is 11.4. The summed E-state index contributed by atoms with van der Waals surface area (Å²) in [6, 6.07) is 0.721. The van der Waals surface area contributed by atoms with Gasteiger partial charge in [-0.15, -0.1) is 0 Å². The lowest BCUT2D eigenvalue weighted by Gasteiger charge is -2.42. The van der Waals surface area contributed by atoms with Gasteiger partial charge in [0.2, 0.25) is 0 Å². The van der Waals surface area contributed by atoms with Gasteiger partial charge in [0, 0.05) is 6.04 Å². The minimum Gasteiger partial charge on any atom is -0.481 e. The number of hydrogen-bond donors (Lipinski definition) is 1. The predicted molar refractivity (Wildman–Crippen MR) is 68.0 cm³/mol. The van der Waals surface area contributed by atoms with Gasteiger partial charge in [-0.1, -0.05) is 20.3 Å². The molecule has 0 spiro atoms. The van der Waals surface area contributed by atoms with Crippen molar-refractivity contribution >= 4 is 5.97 Å². The standard InChI is InChI=1S/C14H25NO2/c1-3-14(13(16)17)7-9-15(10-8-14)12-6-4-5-11(12)2/h11-12H,3-10H2,1-2H3,(H,16,17). The second-order valence-electron chi connectivity index (χ2n) is 5.95. The summed E-state index contributed by atoms with van der Waals surface area (Å²) in [5, 5.41) is 9.37. The molecular formula is C14H25NO2. The largest absolute Gasteiger partial charge is 0.481 e. The van der Waals surface area contributed by atoms with Gasteiger partial charge in [-0.25, -0.2) is 0 Å². The highest BCUT2D eigenvalue weighted by Crippen LogP contribution is 2.38. The number of rotatable bonds is 3. The summed E-state index contributed by atoms with van der Waals surface area (Å²) in [6.07, 6.45) is 6.45.